The second kappa shape index (κ2) is 10.4. The first-order valence-corrected chi connectivity index (χ1v) is 9.57. The zero-order valence-electron chi connectivity index (χ0n) is 15.8. The molecule has 0 amide bonds. The zero-order valence-corrected chi connectivity index (χ0v) is 15.8. The van der Waals surface area contributed by atoms with E-state index in [1.165, 1.54) is 0 Å². The molecule has 1 aliphatic rings. The van der Waals surface area contributed by atoms with Gasteiger partial charge in [-0.1, -0.05) is 73.7 Å². The molecule has 0 saturated carbocycles. The maximum Gasteiger partial charge on any atom is 0.158 e. The zero-order chi connectivity index (χ0) is 18.9. The monoisotopic (exact) mass is 368 g/mol. The predicted octanol–water partition coefficient (Wildman–Crippen LogP) is 4.23. The van der Waals surface area contributed by atoms with Crippen LogP contribution >= 0.6 is 0 Å². The van der Waals surface area contributed by atoms with Crippen molar-refractivity contribution >= 4 is 0 Å². The van der Waals surface area contributed by atoms with E-state index in [0.717, 1.165) is 23.1 Å². The number of aliphatic hydroxyl groups is 1. The van der Waals surface area contributed by atoms with Crippen LogP contribution in [-0.4, -0.2) is 30.2 Å². The molecule has 4 nitrogen and oxygen atoms in total. The van der Waals surface area contributed by atoms with Crippen LogP contribution in [-0.2, 0) is 27.4 Å². The number of benzene rings is 2. The molecule has 0 bridgehead atoms. The Balaban J connectivity index is 1.60. The third kappa shape index (κ3) is 6.01. The van der Waals surface area contributed by atoms with Crippen LogP contribution in [0.15, 0.2) is 72.3 Å². The van der Waals surface area contributed by atoms with E-state index in [2.05, 4.69) is 13.0 Å². The van der Waals surface area contributed by atoms with Gasteiger partial charge in [-0.05, 0) is 23.1 Å². The first-order valence-electron chi connectivity index (χ1n) is 9.57. The Morgan fingerprint density at radius 2 is 1.63 bits per heavy atom. The van der Waals surface area contributed by atoms with E-state index in [4.69, 9.17) is 14.2 Å². The minimum Gasteiger partial charge on any atom is -0.374 e. The summed E-state index contributed by atoms with van der Waals surface area (Å²) in [5, 5.41) is 10.2. The van der Waals surface area contributed by atoms with E-state index in [-0.39, 0.29) is 12.2 Å². The van der Waals surface area contributed by atoms with E-state index in [0.29, 0.717) is 26.2 Å². The van der Waals surface area contributed by atoms with Crippen LogP contribution in [0.5, 0.6) is 0 Å². The summed E-state index contributed by atoms with van der Waals surface area (Å²) in [6.45, 7) is 3.51. The van der Waals surface area contributed by atoms with Gasteiger partial charge in [0.15, 0.2) is 6.29 Å². The van der Waals surface area contributed by atoms with Crippen LogP contribution < -0.4 is 0 Å². The van der Waals surface area contributed by atoms with Gasteiger partial charge in [0.25, 0.3) is 0 Å². The molecule has 1 heterocycles. The first-order chi connectivity index (χ1) is 13.3. The molecule has 1 N–H and O–H groups in total. The number of allylic oxidation sites excluding steroid dienone is 1. The smallest absolute Gasteiger partial charge is 0.158 e. The van der Waals surface area contributed by atoms with Crippen LogP contribution in [0.4, 0.5) is 0 Å². The number of rotatable bonds is 8. The normalized spacial score (nSPS) is 24.2. The average molecular weight is 368 g/mol. The molecular formula is C23H28O4. The predicted molar refractivity (Wildman–Crippen MR) is 105 cm³/mol. The van der Waals surface area contributed by atoms with Crippen molar-refractivity contribution in [3.05, 3.63) is 83.4 Å². The van der Waals surface area contributed by atoms with Gasteiger partial charge in [0.1, 0.15) is 6.10 Å². The highest BCUT2D eigenvalue weighted by molar-refractivity contribution is 5.19. The number of hydrogen-bond donors (Lipinski definition) is 1. The van der Waals surface area contributed by atoms with Crippen molar-refractivity contribution < 1.29 is 19.3 Å². The number of aliphatic hydroxyl groups excluding tert-OH is 1. The molecule has 3 atom stereocenters. The molecule has 144 valence electrons. The fourth-order valence-electron chi connectivity index (χ4n) is 3.28. The molecule has 2 aromatic rings. The maximum absolute atomic E-state index is 10.2. The highest BCUT2D eigenvalue weighted by atomic mass is 16.6. The van der Waals surface area contributed by atoms with Gasteiger partial charge in [0.2, 0.25) is 0 Å². The van der Waals surface area contributed by atoms with Gasteiger partial charge in [-0.2, -0.15) is 0 Å². The van der Waals surface area contributed by atoms with Crippen molar-refractivity contribution in [1.82, 2.24) is 0 Å². The average Bonchev–Trinajstić information content (AvgIpc) is 2.70. The highest BCUT2D eigenvalue weighted by Crippen LogP contribution is 2.28. The molecule has 0 radical (unpaired) electrons. The third-order valence-electron chi connectivity index (χ3n) is 4.60. The third-order valence-corrected chi connectivity index (χ3v) is 4.60. The molecule has 3 rings (SSSR count). The summed E-state index contributed by atoms with van der Waals surface area (Å²) in [6.07, 6.45) is 2.16. The van der Waals surface area contributed by atoms with Crippen molar-refractivity contribution in [2.24, 2.45) is 0 Å². The summed E-state index contributed by atoms with van der Waals surface area (Å²) in [6, 6.07) is 20.1. The van der Waals surface area contributed by atoms with Gasteiger partial charge < -0.3 is 19.3 Å². The minimum absolute atomic E-state index is 0.167. The molecule has 2 aromatic carbocycles. The second-order valence-electron chi connectivity index (χ2n) is 6.71. The lowest BCUT2D eigenvalue weighted by atomic mass is 9.96. The summed E-state index contributed by atoms with van der Waals surface area (Å²) >= 11 is 0. The van der Waals surface area contributed by atoms with Crippen LogP contribution in [0.2, 0.25) is 0 Å². The van der Waals surface area contributed by atoms with Crippen molar-refractivity contribution in [2.75, 3.05) is 6.61 Å². The van der Waals surface area contributed by atoms with Gasteiger partial charge >= 0.3 is 0 Å². The fraction of sp³-hybridized carbons (Fsp3) is 0.391. The SMILES string of the molecule is CC/C=C1\[C@H](OCc2ccccc2)CC(O)O[C@@H]1COCc1ccccc1. The standard InChI is InChI=1S/C23H28O4/c1-2-9-20-21(26-16-19-12-7-4-8-13-19)14-23(24)27-22(20)17-25-15-18-10-5-3-6-11-18/h3-13,21-24H,2,14-17H2,1H3/b20-9+/t21-,22-,23?/m1/s1. The number of ether oxygens (including phenoxy) is 3. The summed E-state index contributed by atoms with van der Waals surface area (Å²) in [4.78, 5) is 0. The van der Waals surface area contributed by atoms with Gasteiger partial charge in [-0.15, -0.1) is 0 Å². The number of hydrogen-bond acceptors (Lipinski definition) is 4. The van der Waals surface area contributed by atoms with Gasteiger partial charge in [-0.25, -0.2) is 0 Å². The summed E-state index contributed by atoms with van der Waals surface area (Å²) in [7, 11) is 0. The lowest BCUT2D eigenvalue weighted by Crippen LogP contribution is -2.41. The summed E-state index contributed by atoms with van der Waals surface area (Å²) < 4.78 is 17.8. The molecule has 1 saturated heterocycles. The topological polar surface area (TPSA) is 47.9 Å². The fourth-order valence-corrected chi connectivity index (χ4v) is 3.28. The molecular weight excluding hydrogens is 340 g/mol. The van der Waals surface area contributed by atoms with Crippen molar-refractivity contribution in [3.8, 4) is 0 Å². The highest BCUT2D eigenvalue weighted by Gasteiger charge is 2.33. The molecule has 0 aliphatic carbocycles. The molecule has 0 spiro atoms. The largest absolute Gasteiger partial charge is 0.374 e. The minimum atomic E-state index is -0.842. The molecule has 4 heteroatoms. The quantitative estimate of drug-likeness (QED) is 0.708. The molecule has 27 heavy (non-hydrogen) atoms. The van der Waals surface area contributed by atoms with Crippen molar-refractivity contribution in [1.29, 1.82) is 0 Å². The summed E-state index contributed by atoms with van der Waals surface area (Å²) in [5.41, 5.74) is 3.30. The van der Waals surface area contributed by atoms with E-state index in [1.807, 2.05) is 60.7 Å². The molecule has 1 aliphatic heterocycles. The molecule has 1 fully saturated rings. The van der Waals surface area contributed by atoms with Crippen LogP contribution in [0, 0.1) is 0 Å². The Morgan fingerprint density at radius 3 is 2.26 bits per heavy atom. The van der Waals surface area contributed by atoms with E-state index in [1.54, 1.807) is 0 Å². The van der Waals surface area contributed by atoms with E-state index >= 15 is 0 Å². The Bertz CT molecular complexity index is 699. The first kappa shape index (κ1) is 19.8. The van der Waals surface area contributed by atoms with Crippen molar-refractivity contribution in [2.45, 2.75) is 51.5 Å². The maximum atomic E-state index is 10.2. The lowest BCUT2D eigenvalue weighted by molar-refractivity contribution is -0.186. The van der Waals surface area contributed by atoms with Gasteiger partial charge in [0.05, 0.1) is 25.9 Å². The van der Waals surface area contributed by atoms with Gasteiger partial charge in [-0.3, -0.25) is 0 Å². The van der Waals surface area contributed by atoms with E-state index < -0.39 is 6.29 Å². The van der Waals surface area contributed by atoms with Crippen LogP contribution in [0.1, 0.15) is 30.9 Å². The Morgan fingerprint density at radius 1 is 1.00 bits per heavy atom. The lowest BCUT2D eigenvalue weighted by Gasteiger charge is -2.35. The van der Waals surface area contributed by atoms with Crippen LogP contribution in [0.3, 0.4) is 0 Å². The molecule has 1 unspecified atom stereocenters. The summed E-state index contributed by atoms with van der Waals surface area (Å²) in [5.74, 6) is 0. The van der Waals surface area contributed by atoms with Crippen molar-refractivity contribution in [3.63, 3.8) is 0 Å². The Hall–Kier alpha value is -1.98. The van der Waals surface area contributed by atoms with E-state index in [9.17, 15) is 5.11 Å². The second-order valence-corrected chi connectivity index (χ2v) is 6.71. The van der Waals surface area contributed by atoms with Gasteiger partial charge in [0, 0.05) is 6.42 Å². The Kier molecular flexibility index (Phi) is 7.60. The Labute approximate surface area is 161 Å². The van der Waals surface area contributed by atoms with Crippen LogP contribution in [0.25, 0.3) is 0 Å². The molecule has 0 aromatic heterocycles.